The molecule has 110 valence electrons. The Labute approximate surface area is 123 Å². The molecule has 0 unspecified atom stereocenters. The molecule has 0 saturated heterocycles. The van der Waals surface area contributed by atoms with Gasteiger partial charge in [0.1, 0.15) is 0 Å². The number of hydrogen-bond acceptors (Lipinski definition) is 2. The van der Waals surface area contributed by atoms with Crippen LogP contribution in [0, 0.1) is 5.92 Å². The highest BCUT2D eigenvalue weighted by Gasteiger charge is 2.29. The molecule has 2 aliphatic rings. The first-order chi connectivity index (χ1) is 9.70. The fraction of sp³-hybridized carbons (Fsp3) is 0.667. The van der Waals surface area contributed by atoms with Gasteiger partial charge in [-0.15, -0.1) is 0 Å². The highest BCUT2D eigenvalue weighted by molar-refractivity contribution is 5.23. The summed E-state index contributed by atoms with van der Waals surface area (Å²) in [5, 5.41) is 3.61. The Hall–Kier alpha value is -0.860. The van der Waals surface area contributed by atoms with E-state index in [-0.39, 0.29) is 0 Å². The van der Waals surface area contributed by atoms with E-state index >= 15 is 0 Å². The topological polar surface area (TPSA) is 15.3 Å². The smallest absolute Gasteiger partial charge is 0.0236 e. The second-order valence-corrected chi connectivity index (χ2v) is 7.03. The van der Waals surface area contributed by atoms with Crippen LogP contribution in [0.15, 0.2) is 24.3 Å². The minimum absolute atomic E-state index is 0.760. The monoisotopic (exact) mass is 272 g/mol. The van der Waals surface area contributed by atoms with Crippen molar-refractivity contribution in [1.29, 1.82) is 0 Å². The van der Waals surface area contributed by atoms with Gasteiger partial charge in [-0.05, 0) is 42.7 Å². The molecule has 0 amide bonds. The largest absolute Gasteiger partial charge is 0.310 e. The summed E-state index contributed by atoms with van der Waals surface area (Å²) in [6, 6.07) is 10.8. The second kappa shape index (κ2) is 6.28. The van der Waals surface area contributed by atoms with Crippen molar-refractivity contribution in [1.82, 2.24) is 10.2 Å². The van der Waals surface area contributed by atoms with Crippen LogP contribution in [-0.4, -0.2) is 23.5 Å². The van der Waals surface area contributed by atoms with E-state index < -0.39 is 0 Å². The van der Waals surface area contributed by atoms with Crippen molar-refractivity contribution in [2.75, 3.05) is 6.54 Å². The Morgan fingerprint density at radius 3 is 2.55 bits per heavy atom. The molecule has 2 heteroatoms. The molecule has 0 bridgehead atoms. The molecule has 0 spiro atoms. The Morgan fingerprint density at radius 1 is 1.15 bits per heavy atom. The van der Waals surface area contributed by atoms with Crippen LogP contribution in [0.4, 0.5) is 0 Å². The quantitative estimate of drug-likeness (QED) is 0.778. The van der Waals surface area contributed by atoms with Crippen LogP contribution >= 0.6 is 0 Å². The number of benzene rings is 1. The molecule has 0 aromatic heterocycles. The molecule has 3 rings (SSSR count). The zero-order chi connectivity index (χ0) is 13.9. The SMILES string of the molecule is CC(C)CN(Cc1cccc(CNC2CC2)c1)C1CC1. The molecular formula is C18H28N2. The highest BCUT2D eigenvalue weighted by Crippen LogP contribution is 2.29. The van der Waals surface area contributed by atoms with Crippen molar-refractivity contribution >= 4 is 0 Å². The Balaban J connectivity index is 1.58. The molecule has 2 fully saturated rings. The van der Waals surface area contributed by atoms with Crippen LogP contribution in [0.3, 0.4) is 0 Å². The van der Waals surface area contributed by atoms with Crippen LogP contribution in [0.1, 0.15) is 50.7 Å². The summed E-state index contributed by atoms with van der Waals surface area (Å²) in [4.78, 5) is 2.68. The zero-order valence-electron chi connectivity index (χ0n) is 12.9. The van der Waals surface area contributed by atoms with Gasteiger partial charge < -0.3 is 5.32 Å². The van der Waals surface area contributed by atoms with Crippen LogP contribution in [-0.2, 0) is 13.1 Å². The summed E-state index contributed by atoms with van der Waals surface area (Å²) in [7, 11) is 0. The number of rotatable bonds is 8. The fourth-order valence-electron chi connectivity index (χ4n) is 2.87. The number of hydrogen-bond donors (Lipinski definition) is 1. The van der Waals surface area contributed by atoms with E-state index in [1.54, 1.807) is 0 Å². The first-order valence-corrected chi connectivity index (χ1v) is 8.26. The first-order valence-electron chi connectivity index (χ1n) is 8.26. The van der Waals surface area contributed by atoms with Gasteiger partial charge in [-0.25, -0.2) is 0 Å². The van der Waals surface area contributed by atoms with Gasteiger partial charge in [-0.2, -0.15) is 0 Å². The minimum Gasteiger partial charge on any atom is -0.310 e. The summed E-state index contributed by atoms with van der Waals surface area (Å²) in [6.07, 6.45) is 5.53. The molecule has 20 heavy (non-hydrogen) atoms. The standard InChI is InChI=1S/C18H28N2/c1-14(2)12-20(18-8-9-18)13-16-5-3-4-15(10-16)11-19-17-6-7-17/h3-5,10,14,17-19H,6-9,11-13H2,1-2H3. The predicted molar refractivity (Wildman–Crippen MR) is 84.6 cm³/mol. The second-order valence-electron chi connectivity index (χ2n) is 7.03. The summed E-state index contributed by atoms with van der Waals surface area (Å²) in [5.74, 6) is 0.760. The molecule has 1 N–H and O–H groups in total. The fourth-order valence-corrected chi connectivity index (χ4v) is 2.87. The van der Waals surface area contributed by atoms with Crippen molar-refractivity contribution in [2.24, 2.45) is 5.92 Å². The van der Waals surface area contributed by atoms with Gasteiger partial charge >= 0.3 is 0 Å². The maximum Gasteiger partial charge on any atom is 0.0236 e. The van der Waals surface area contributed by atoms with Gasteiger partial charge in [0.05, 0.1) is 0 Å². The van der Waals surface area contributed by atoms with Crippen LogP contribution in [0.25, 0.3) is 0 Å². The van der Waals surface area contributed by atoms with Gasteiger partial charge in [0.25, 0.3) is 0 Å². The lowest BCUT2D eigenvalue weighted by molar-refractivity contribution is 0.226. The average molecular weight is 272 g/mol. The van der Waals surface area contributed by atoms with Crippen molar-refractivity contribution in [3.05, 3.63) is 35.4 Å². The molecule has 1 aromatic rings. The molecule has 0 aliphatic heterocycles. The maximum absolute atomic E-state index is 3.61. The van der Waals surface area contributed by atoms with E-state index in [0.717, 1.165) is 31.1 Å². The maximum atomic E-state index is 3.61. The van der Waals surface area contributed by atoms with Crippen molar-refractivity contribution in [3.63, 3.8) is 0 Å². The molecule has 0 atom stereocenters. The summed E-state index contributed by atoms with van der Waals surface area (Å²) in [6.45, 7) is 8.04. The Morgan fingerprint density at radius 2 is 1.90 bits per heavy atom. The summed E-state index contributed by atoms with van der Waals surface area (Å²) >= 11 is 0. The minimum atomic E-state index is 0.760. The van der Waals surface area contributed by atoms with Gasteiger partial charge in [0.2, 0.25) is 0 Å². The van der Waals surface area contributed by atoms with E-state index in [4.69, 9.17) is 0 Å². The van der Waals surface area contributed by atoms with Crippen molar-refractivity contribution < 1.29 is 0 Å². The normalized spacial score (nSPS) is 19.0. The molecule has 2 nitrogen and oxygen atoms in total. The number of nitrogens with one attached hydrogen (secondary N) is 1. The van der Waals surface area contributed by atoms with E-state index in [9.17, 15) is 0 Å². The third-order valence-electron chi connectivity index (χ3n) is 4.21. The third-order valence-corrected chi connectivity index (χ3v) is 4.21. The average Bonchev–Trinajstić information content (AvgIpc) is 3.28. The van der Waals surface area contributed by atoms with E-state index in [2.05, 4.69) is 48.3 Å². The van der Waals surface area contributed by atoms with Gasteiger partial charge in [0, 0.05) is 31.7 Å². The molecule has 0 radical (unpaired) electrons. The third kappa shape index (κ3) is 4.32. The highest BCUT2D eigenvalue weighted by atomic mass is 15.2. The van der Waals surface area contributed by atoms with Crippen LogP contribution in [0.5, 0.6) is 0 Å². The lowest BCUT2D eigenvalue weighted by Crippen LogP contribution is -2.29. The molecular weight excluding hydrogens is 244 g/mol. The van der Waals surface area contributed by atoms with E-state index in [1.807, 2.05) is 0 Å². The molecule has 0 heterocycles. The molecule has 1 aromatic carbocycles. The lowest BCUT2D eigenvalue weighted by Gasteiger charge is -2.24. The molecule has 2 saturated carbocycles. The summed E-state index contributed by atoms with van der Waals surface area (Å²) in [5.41, 5.74) is 2.92. The van der Waals surface area contributed by atoms with Gasteiger partial charge in [0.15, 0.2) is 0 Å². The number of nitrogens with zero attached hydrogens (tertiary/aromatic N) is 1. The van der Waals surface area contributed by atoms with Gasteiger partial charge in [-0.3, -0.25) is 4.90 Å². The van der Waals surface area contributed by atoms with Crippen molar-refractivity contribution in [2.45, 2.75) is 64.7 Å². The molecule has 2 aliphatic carbocycles. The van der Waals surface area contributed by atoms with E-state index in [0.29, 0.717) is 0 Å². The Bertz CT molecular complexity index is 433. The summed E-state index contributed by atoms with van der Waals surface area (Å²) < 4.78 is 0. The predicted octanol–water partition coefficient (Wildman–Crippen LogP) is 3.56. The first kappa shape index (κ1) is 14.1. The van der Waals surface area contributed by atoms with Crippen LogP contribution < -0.4 is 5.32 Å². The zero-order valence-corrected chi connectivity index (χ0v) is 12.9. The van der Waals surface area contributed by atoms with Crippen molar-refractivity contribution in [3.8, 4) is 0 Å². The lowest BCUT2D eigenvalue weighted by atomic mass is 10.1. The Kier molecular flexibility index (Phi) is 4.42. The van der Waals surface area contributed by atoms with Gasteiger partial charge in [-0.1, -0.05) is 38.1 Å². The van der Waals surface area contributed by atoms with Crippen LogP contribution in [0.2, 0.25) is 0 Å². The van der Waals surface area contributed by atoms with E-state index in [1.165, 1.54) is 43.4 Å².